The first-order chi connectivity index (χ1) is 9.75. The standard InChI is InChI=1S/C14H28ClN3O2S/c1-14(2,3)16-8-10-18(11-9-16)21(19,20)17-6-4-13(12-15)5-7-17/h13H,4-12H2,1-3H3. The van der Waals surface area contributed by atoms with Crippen molar-refractivity contribution in [1.82, 2.24) is 13.5 Å². The van der Waals surface area contributed by atoms with Gasteiger partial charge in [-0.1, -0.05) is 0 Å². The van der Waals surface area contributed by atoms with Crippen molar-refractivity contribution >= 4 is 21.8 Å². The van der Waals surface area contributed by atoms with E-state index in [0.29, 0.717) is 38.0 Å². The number of hydrogen-bond acceptors (Lipinski definition) is 3. The quantitative estimate of drug-likeness (QED) is 0.735. The fraction of sp³-hybridized carbons (Fsp3) is 1.00. The molecule has 0 aromatic rings. The summed E-state index contributed by atoms with van der Waals surface area (Å²) in [7, 11) is -3.29. The highest BCUT2D eigenvalue weighted by atomic mass is 35.5. The zero-order valence-corrected chi connectivity index (χ0v) is 15.0. The minimum atomic E-state index is -3.29. The molecule has 0 unspecified atom stereocenters. The highest BCUT2D eigenvalue weighted by Gasteiger charge is 2.36. The number of nitrogens with zero attached hydrogens (tertiary/aromatic N) is 3. The maximum atomic E-state index is 12.7. The molecule has 0 spiro atoms. The summed E-state index contributed by atoms with van der Waals surface area (Å²) < 4.78 is 28.7. The van der Waals surface area contributed by atoms with E-state index >= 15 is 0 Å². The Bertz CT molecular complexity index is 434. The van der Waals surface area contributed by atoms with E-state index in [1.165, 1.54) is 0 Å². The molecule has 2 fully saturated rings. The summed E-state index contributed by atoms with van der Waals surface area (Å²) in [6.07, 6.45) is 1.76. The molecule has 0 amide bonds. The number of piperazine rings is 1. The molecule has 124 valence electrons. The Labute approximate surface area is 134 Å². The molecule has 2 aliphatic heterocycles. The smallest absolute Gasteiger partial charge is 0.282 e. The second-order valence-corrected chi connectivity index (χ2v) is 9.30. The van der Waals surface area contributed by atoms with E-state index in [4.69, 9.17) is 11.6 Å². The number of alkyl halides is 1. The van der Waals surface area contributed by atoms with Crippen molar-refractivity contribution in [3.63, 3.8) is 0 Å². The lowest BCUT2D eigenvalue weighted by Crippen LogP contribution is -2.57. The zero-order chi connectivity index (χ0) is 15.7. The third-order valence-corrected chi connectivity index (χ3v) is 7.10. The molecule has 0 atom stereocenters. The van der Waals surface area contributed by atoms with Gasteiger partial charge in [-0.15, -0.1) is 11.6 Å². The first kappa shape index (κ1) is 17.5. The Hall–Kier alpha value is 0.120. The lowest BCUT2D eigenvalue weighted by molar-refractivity contribution is 0.0889. The highest BCUT2D eigenvalue weighted by Crippen LogP contribution is 2.24. The van der Waals surface area contributed by atoms with Crippen LogP contribution in [0.3, 0.4) is 0 Å². The van der Waals surface area contributed by atoms with Crippen LogP contribution in [0, 0.1) is 5.92 Å². The first-order valence-electron chi connectivity index (χ1n) is 7.81. The molecular weight excluding hydrogens is 310 g/mol. The normalized spacial score (nSPS) is 25.3. The van der Waals surface area contributed by atoms with Crippen LogP contribution < -0.4 is 0 Å². The highest BCUT2D eigenvalue weighted by molar-refractivity contribution is 7.86. The van der Waals surface area contributed by atoms with Crippen LogP contribution >= 0.6 is 11.6 Å². The number of piperidine rings is 1. The molecule has 2 rings (SSSR count). The van der Waals surface area contributed by atoms with Gasteiger partial charge in [-0.2, -0.15) is 17.0 Å². The molecule has 0 radical (unpaired) electrons. The van der Waals surface area contributed by atoms with Crippen molar-refractivity contribution in [3.8, 4) is 0 Å². The van der Waals surface area contributed by atoms with Gasteiger partial charge < -0.3 is 0 Å². The second kappa shape index (κ2) is 6.71. The van der Waals surface area contributed by atoms with Gasteiger partial charge in [0.05, 0.1) is 0 Å². The van der Waals surface area contributed by atoms with Crippen molar-refractivity contribution in [3.05, 3.63) is 0 Å². The van der Waals surface area contributed by atoms with Crippen LogP contribution in [0.4, 0.5) is 0 Å². The molecule has 0 aromatic heterocycles. The van der Waals surface area contributed by atoms with Gasteiger partial charge in [0.25, 0.3) is 10.2 Å². The summed E-state index contributed by atoms with van der Waals surface area (Å²) >= 11 is 5.87. The molecule has 7 heteroatoms. The van der Waals surface area contributed by atoms with Crippen molar-refractivity contribution in [2.75, 3.05) is 45.1 Å². The molecule has 21 heavy (non-hydrogen) atoms. The second-order valence-electron chi connectivity index (χ2n) is 7.06. The molecule has 0 saturated carbocycles. The Morgan fingerprint density at radius 1 is 0.952 bits per heavy atom. The van der Waals surface area contributed by atoms with E-state index in [-0.39, 0.29) is 5.54 Å². The molecule has 0 N–H and O–H groups in total. The largest absolute Gasteiger partial charge is 0.296 e. The SMILES string of the molecule is CC(C)(C)N1CCN(S(=O)(=O)N2CCC(CCl)CC2)CC1. The van der Waals surface area contributed by atoms with E-state index in [0.717, 1.165) is 25.9 Å². The summed E-state index contributed by atoms with van der Waals surface area (Å²) in [6.45, 7) is 10.5. The predicted molar refractivity (Wildman–Crippen MR) is 86.8 cm³/mol. The van der Waals surface area contributed by atoms with E-state index < -0.39 is 10.2 Å². The monoisotopic (exact) mass is 337 g/mol. The summed E-state index contributed by atoms with van der Waals surface area (Å²) in [5.74, 6) is 1.11. The third-order valence-electron chi connectivity index (χ3n) is 4.63. The van der Waals surface area contributed by atoms with E-state index in [2.05, 4.69) is 25.7 Å². The lowest BCUT2D eigenvalue weighted by Gasteiger charge is -2.43. The van der Waals surface area contributed by atoms with Gasteiger partial charge in [0, 0.05) is 50.7 Å². The summed E-state index contributed by atoms with van der Waals surface area (Å²) in [5.41, 5.74) is 0.106. The average molecular weight is 338 g/mol. The van der Waals surface area contributed by atoms with Crippen LogP contribution in [0.5, 0.6) is 0 Å². The maximum absolute atomic E-state index is 12.7. The maximum Gasteiger partial charge on any atom is 0.282 e. The Kier molecular flexibility index (Phi) is 5.58. The van der Waals surface area contributed by atoms with Gasteiger partial charge in [0.2, 0.25) is 0 Å². The molecule has 5 nitrogen and oxygen atoms in total. The molecule has 2 saturated heterocycles. The van der Waals surface area contributed by atoms with E-state index in [1.807, 2.05) is 0 Å². The summed E-state index contributed by atoms with van der Waals surface area (Å²) in [6, 6.07) is 0. The summed E-state index contributed by atoms with van der Waals surface area (Å²) in [5, 5.41) is 0. The van der Waals surface area contributed by atoms with Gasteiger partial charge in [-0.05, 0) is 39.5 Å². The number of halogens is 1. The number of rotatable bonds is 3. The predicted octanol–water partition coefficient (Wildman–Crippen LogP) is 1.60. The molecule has 2 aliphatic rings. The minimum Gasteiger partial charge on any atom is -0.296 e. The van der Waals surface area contributed by atoms with Gasteiger partial charge in [0.1, 0.15) is 0 Å². The minimum absolute atomic E-state index is 0.106. The number of hydrogen-bond donors (Lipinski definition) is 0. The molecule has 0 aliphatic carbocycles. The molecule has 0 bridgehead atoms. The van der Waals surface area contributed by atoms with E-state index in [9.17, 15) is 8.42 Å². The van der Waals surface area contributed by atoms with Crippen molar-refractivity contribution in [1.29, 1.82) is 0 Å². The van der Waals surface area contributed by atoms with Crippen LogP contribution in [0.1, 0.15) is 33.6 Å². The van der Waals surface area contributed by atoms with Crippen molar-refractivity contribution in [2.45, 2.75) is 39.2 Å². The molecule has 2 heterocycles. The molecular formula is C14H28ClN3O2S. The van der Waals surface area contributed by atoms with Crippen molar-refractivity contribution in [2.24, 2.45) is 5.92 Å². The fourth-order valence-corrected chi connectivity index (χ4v) is 4.98. The Morgan fingerprint density at radius 3 is 1.86 bits per heavy atom. The fourth-order valence-electron chi connectivity index (χ4n) is 3.05. The first-order valence-corrected chi connectivity index (χ1v) is 9.74. The van der Waals surface area contributed by atoms with Gasteiger partial charge in [0.15, 0.2) is 0 Å². The lowest BCUT2D eigenvalue weighted by atomic mass is 10.0. The van der Waals surface area contributed by atoms with Crippen LogP contribution in [0.25, 0.3) is 0 Å². The average Bonchev–Trinajstić information content (AvgIpc) is 2.46. The van der Waals surface area contributed by atoms with Crippen LogP contribution in [-0.2, 0) is 10.2 Å². The Balaban J connectivity index is 1.93. The van der Waals surface area contributed by atoms with Crippen molar-refractivity contribution < 1.29 is 8.42 Å². The topological polar surface area (TPSA) is 43.9 Å². The van der Waals surface area contributed by atoms with Gasteiger partial charge >= 0.3 is 0 Å². The van der Waals surface area contributed by atoms with E-state index in [1.54, 1.807) is 8.61 Å². The van der Waals surface area contributed by atoms with Gasteiger partial charge in [-0.3, -0.25) is 4.90 Å². The van der Waals surface area contributed by atoms with Crippen LogP contribution in [-0.4, -0.2) is 72.6 Å². The Morgan fingerprint density at radius 2 is 1.43 bits per heavy atom. The molecule has 0 aromatic carbocycles. The van der Waals surface area contributed by atoms with Gasteiger partial charge in [-0.25, -0.2) is 0 Å². The van der Waals surface area contributed by atoms with Crippen LogP contribution in [0.15, 0.2) is 0 Å². The van der Waals surface area contributed by atoms with Crippen LogP contribution in [0.2, 0.25) is 0 Å². The zero-order valence-electron chi connectivity index (χ0n) is 13.4. The third kappa shape index (κ3) is 4.10. The summed E-state index contributed by atoms with van der Waals surface area (Å²) in [4.78, 5) is 2.35.